The quantitative estimate of drug-likeness (QED) is 0.125. The standard InChI is InChI=1S/C42H49N9O5/c1-47(26-27-12-14-29(15-13-27)49-18-20-50(21-19-49)36-25-33(45-46-40(36)43)32-9-3-4-11-37(32)52)30-23-31(24-30)56-22-6-8-28-7-5-10-34-39(28)48(2)42(55)51(34)35-16-17-38(53)44-41(35)54/h3-5,7,9-15,25,30-31,35,52H,6,8,16-24,26H2,1-2H3,(H2,43,46)(H,44,53,54)/t30-,31-,35?. The molecular weight excluding hydrogens is 711 g/mol. The number of aromatic nitrogens is 4. The highest BCUT2D eigenvalue weighted by Crippen LogP contribution is 2.33. The molecule has 14 nitrogen and oxygen atoms in total. The van der Waals surface area contributed by atoms with Crippen molar-refractivity contribution in [1.29, 1.82) is 0 Å². The van der Waals surface area contributed by atoms with Crippen LogP contribution in [0.5, 0.6) is 5.75 Å². The molecule has 2 saturated heterocycles. The van der Waals surface area contributed by atoms with Crippen molar-refractivity contribution in [2.45, 2.75) is 63.3 Å². The smallest absolute Gasteiger partial charge is 0.329 e. The molecule has 8 rings (SSSR count). The van der Waals surface area contributed by atoms with Crippen LogP contribution in [0.3, 0.4) is 0 Å². The third-order valence-electron chi connectivity index (χ3n) is 11.7. The molecule has 3 aliphatic rings. The van der Waals surface area contributed by atoms with Crippen LogP contribution in [0.2, 0.25) is 0 Å². The number of hydrogen-bond donors (Lipinski definition) is 3. The number of carbonyl (C=O) groups is 2. The lowest BCUT2D eigenvalue weighted by Crippen LogP contribution is -2.47. The number of nitrogens with one attached hydrogen (secondary N) is 1. The number of aryl methyl sites for hydroxylation is 2. The van der Waals surface area contributed by atoms with Gasteiger partial charge in [0.25, 0.3) is 0 Å². The van der Waals surface area contributed by atoms with E-state index in [1.807, 2.05) is 36.4 Å². The van der Waals surface area contributed by atoms with E-state index < -0.39 is 11.9 Å². The minimum atomic E-state index is -0.689. The summed E-state index contributed by atoms with van der Waals surface area (Å²) in [5, 5.41) is 21.1. The molecule has 2 amide bonds. The lowest BCUT2D eigenvalue weighted by molar-refractivity contribution is -0.135. The fourth-order valence-corrected chi connectivity index (χ4v) is 8.40. The number of anilines is 3. The first-order chi connectivity index (χ1) is 27.1. The van der Waals surface area contributed by atoms with E-state index in [2.05, 4.69) is 61.5 Å². The third kappa shape index (κ3) is 7.46. The van der Waals surface area contributed by atoms with Gasteiger partial charge in [0.15, 0.2) is 5.82 Å². The van der Waals surface area contributed by atoms with E-state index >= 15 is 0 Å². The number of fused-ring (bicyclic) bond motifs is 1. The Kier molecular flexibility index (Phi) is 10.5. The van der Waals surface area contributed by atoms with E-state index in [1.165, 1.54) is 15.8 Å². The zero-order valence-corrected chi connectivity index (χ0v) is 31.9. The first-order valence-corrected chi connectivity index (χ1v) is 19.5. The maximum absolute atomic E-state index is 13.2. The number of phenols is 1. The second-order valence-corrected chi connectivity index (χ2v) is 15.3. The molecule has 0 spiro atoms. The van der Waals surface area contributed by atoms with Crippen LogP contribution < -0.4 is 26.5 Å². The van der Waals surface area contributed by atoms with Gasteiger partial charge in [0.2, 0.25) is 11.8 Å². The molecule has 4 N–H and O–H groups in total. The number of phenolic OH excluding ortho intramolecular Hbond substituents is 1. The molecule has 3 aromatic carbocycles. The van der Waals surface area contributed by atoms with Crippen LogP contribution in [0.25, 0.3) is 22.3 Å². The van der Waals surface area contributed by atoms with Gasteiger partial charge in [-0.05, 0) is 86.7 Å². The Morgan fingerprint density at radius 2 is 1.70 bits per heavy atom. The van der Waals surface area contributed by atoms with Gasteiger partial charge < -0.3 is 25.4 Å². The molecule has 1 atom stereocenters. The molecule has 3 fully saturated rings. The second-order valence-electron chi connectivity index (χ2n) is 15.3. The minimum Gasteiger partial charge on any atom is -0.507 e. The maximum Gasteiger partial charge on any atom is 0.329 e. The minimum absolute atomic E-state index is 0.164. The average Bonchev–Trinajstić information content (AvgIpc) is 3.44. The monoisotopic (exact) mass is 759 g/mol. The number of carbonyl (C=O) groups excluding carboxylic acids is 2. The molecule has 0 radical (unpaired) electrons. The zero-order chi connectivity index (χ0) is 38.9. The number of imide groups is 1. The number of imidazole rings is 1. The number of benzene rings is 3. The van der Waals surface area contributed by atoms with Crippen LogP contribution in [0.15, 0.2) is 77.6 Å². The molecule has 1 saturated carbocycles. The Hall–Kier alpha value is -5.73. The number of rotatable bonds is 12. The van der Waals surface area contributed by atoms with Crippen molar-refractivity contribution in [2.24, 2.45) is 7.05 Å². The number of para-hydroxylation sites is 2. The lowest BCUT2D eigenvalue weighted by atomic mass is 9.88. The summed E-state index contributed by atoms with van der Waals surface area (Å²) in [5.74, 6) is -0.171. The number of nitrogens with two attached hydrogens (primary N) is 1. The van der Waals surface area contributed by atoms with E-state index in [0.29, 0.717) is 36.1 Å². The summed E-state index contributed by atoms with van der Waals surface area (Å²) in [4.78, 5) is 44.6. The zero-order valence-electron chi connectivity index (χ0n) is 31.9. The molecule has 1 aliphatic carbocycles. The van der Waals surface area contributed by atoms with Crippen LogP contribution in [0.1, 0.15) is 49.3 Å². The fraction of sp³-hybridized carbons (Fsp3) is 0.405. The largest absolute Gasteiger partial charge is 0.507 e. The summed E-state index contributed by atoms with van der Waals surface area (Å²) in [6, 6.07) is 23.5. The molecule has 0 bridgehead atoms. The second kappa shape index (κ2) is 15.8. The van der Waals surface area contributed by atoms with E-state index in [1.54, 1.807) is 23.7 Å². The van der Waals surface area contributed by atoms with Gasteiger partial charge in [-0.2, -0.15) is 0 Å². The van der Waals surface area contributed by atoms with Gasteiger partial charge in [0.05, 0.1) is 28.5 Å². The lowest BCUT2D eigenvalue weighted by Gasteiger charge is -2.41. The summed E-state index contributed by atoms with van der Waals surface area (Å²) in [6.07, 6.45) is 4.37. The van der Waals surface area contributed by atoms with E-state index in [0.717, 1.165) is 80.7 Å². The van der Waals surface area contributed by atoms with Gasteiger partial charge in [0.1, 0.15) is 11.8 Å². The molecule has 14 heteroatoms. The Morgan fingerprint density at radius 1 is 0.946 bits per heavy atom. The Balaban J connectivity index is 0.778. The van der Waals surface area contributed by atoms with E-state index in [9.17, 15) is 19.5 Å². The number of piperazine rings is 1. The van der Waals surface area contributed by atoms with Crippen LogP contribution in [-0.2, 0) is 34.3 Å². The van der Waals surface area contributed by atoms with Crippen molar-refractivity contribution in [2.75, 3.05) is 55.4 Å². The van der Waals surface area contributed by atoms with Crippen LogP contribution in [0, 0.1) is 0 Å². The first-order valence-electron chi connectivity index (χ1n) is 19.5. The molecule has 2 aromatic heterocycles. The number of aromatic hydroxyl groups is 1. The molecule has 56 heavy (non-hydrogen) atoms. The summed E-state index contributed by atoms with van der Waals surface area (Å²) in [5.41, 5.74) is 13.1. The van der Waals surface area contributed by atoms with Crippen molar-refractivity contribution in [1.82, 2.24) is 29.5 Å². The predicted molar refractivity (Wildman–Crippen MR) is 216 cm³/mol. The Morgan fingerprint density at radius 3 is 2.45 bits per heavy atom. The van der Waals surface area contributed by atoms with Gasteiger partial charge in [0, 0.05) is 70.1 Å². The summed E-state index contributed by atoms with van der Waals surface area (Å²) < 4.78 is 9.41. The summed E-state index contributed by atoms with van der Waals surface area (Å²) >= 11 is 0. The number of piperidine rings is 1. The topological polar surface area (TPSA) is 164 Å². The molecule has 1 unspecified atom stereocenters. The van der Waals surface area contributed by atoms with Crippen LogP contribution in [0.4, 0.5) is 17.2 Å². The van der Waals surface area contributed by atoms with Crippen molar-refractivity contribution in [3.63, 3.8) is 0 Å². The summed E-state index contributed by atoms with van der Waals surface area (Å²) in [7, 11) is 3.93. The molecule has 292 valence electrons. The van der Waals surface area contributed by atoms with Crippen LogP contribution in [-0.4, -0.2) is 93.1 Å². The number of nitrogen functional groups attached to an aromatic ring is 1. The third-order valence-corrected chi connectivity index (χ3v) is 11.7. The van der Waals surface area contributed by atoms with Gasteiger partial charge in [-0.1, -0.05) is 36.4 Å². The SMILES string of the molecule is Cn1c(=O)n(C2CCC(=O)NC2=O)c2cccc(CCCO[C@H]3C[C@H](N(C)Cc4ccc(N5CCN(c6cc(-c7ccccc7O)nnc6N)CC5)cc4)C3)c21. The van der Waals surface area contributed by atoms with Crippen molar-refractivity contribution < 1.29 is 19.4 Å². The molecule has 5 aromatic rings. The van der Waals surface area contributed by atoms with Gasteiger partial charge in [-0.3, -0.25) is 28.9 Å². The average molecular weight is 760 g/mol. The number of hydrogen-bond acceptors (Lipinski definition) is 11. The predicted octanol–water partition coefficient (Wildman–Crippen LogP) is 4.00. The van der Waals surface area contributed by atoms with Crippen molar-refractivity contribution in [3.05, 3.63) is 94.4 Å². The normalized spacial score (nSPS) is 20.1. The highest BCUT2D eigenvalue weighted by molar-refractivity contribution is 6.00. The first kappa shape index (κ1) is 37.2. The van der Waals surface area contributed by atoms with E-state index in [-0.39, 0.29) is 29.9 Å². The Bertz CT molecular complexity index is 2290. The maximum atomic E-state index is 13.2. The number of amides is 2. The highest BCUT2D eigenvalue weighted by atomic mass is 16.5. The summed E-state index contributed by atoms with van der Waals surface area (Å²) in [6.45, 7) is 4.81. The molecule has 2 aliphatic heterocycles. The van der Waals surface area contributed by atoms with Crippen molar-refractivity contribution in [3.8, 4) is 17.0 Å². The van der Waals surface area contributed by atoms with E-state index in [4.69, 9.17) is 10.5 Å². The van der Waals surface area contributed by atoms with Gasteiger partial charge >= 0.3 is 5.69 Å². The number of ether oxygens (including phenoxy) is 1. The van der Waals surface area contributed by atoms with Crippen molar-refractivity contribution >= 4 is 40.0 Å². The Labute approximate surface area is 325 Å². The van der Waals surface area contributed by atoms with Crippen LogP contribution >= 0.6 is 0 Å². The fourth-order valence-electron chi connectivity index (χ4n) is 8.40. The molecule has 4 heterocycles. The van der Waals surface area contributed by atoms with Gasteiger partial charge in [-0.15, -0.1) is 10.2 Å². The molecular formula is C42H49N9O5. The van der Waals surface area contributed by atoms with Gasteiger partial charge in [-0.25, -0.2) is 4.79 Å². The highest BCUT2D eigenvalue weighted by Gasteiger charge is 2.33. The number of nitrogens with zero attached hydrogens (tertiary/aromatic N) is 7.